The van der Waals surface area contributed by atoms with Gasteiger partial charge >= 0.3 is 0 Å². The highest BCUT2D eigenvalue weighted by molar-refractivity contribution is 5.59. The Morgan fingerprint density at radius 3 is 2.48 bits per heavy atom. The van der Waals surface area contributed by atoms with Crippen LogP contribution in [0.5, 0.6) is 0 Å². The summed E-state index contributed by atoms with van der Waals surface area (Å²) in [7, 11) is 0. The zero-order chi connectivity index (χ0) is 18.6. The Morgan fingerprint density at radius 1 is 0.926 bits per heavy atom. The number of rotatable bonds is 4. The monoisotopic (exact) mass is 360 g/mol. The van der Waals surface area contributed by atoms with E-state index >= 15 is 0 Å². The zero-order valence-corrected chi connectivity index (χ0v) is 15.8. The van der Waals surface area contributed by atoms with Crippen LogP contribution in [0.25, 0.3) is 11.4 Å². The van der Waals surface area contributed by atoms with Crippen molar-refractivity contribution in [1.29, 1.82) is 0 Å². The molecular formula is C21H24N6. The predicted octanol–water partition coefficient (Wildman–Crippen LogP) is 2.87. The fraction of sp³-hybridized carbons (Fsp3) is 0.333. The summed E-state index contributed by atoms with van der Waals surface area (Å²) >= 11 is 0. The van der Waals surface area contributed by atoms with Gasteiger partial charge in [0, 0.05) is 68.1 Å². The van der Waals surface area contributed by atoms with Crippen molar-refractivity contribution in [2.75, 3.05) is 31.1 Å². The molecule has 0 saturated carbocycles. The molecule has 0 spiro atoms. The summed E-state index contributed by atoms with van der Waals surface area (Å²) in [6.07, 6.45) is 5.45. The zero-order valence-electron chi connectivity index (χ0n) is 15.8. The van der Waals surface area contributed by atoms with Crippen molar-refractivity contribution in [3.63, 3.8) is 0 Å². The topological polar surface area (TPSA) is 58.0 Å². The van der Waals surface area contributed by atoms with Gasteiger partial charge in [-0.05, 0) is 38.1 Å². The summed E-state index contributed by atoms with van der Waals surface area (Å²) in [5.41, 5.74) is 4.25. The lowest BCUT2D eigenvalue weighted by Gasteiger charge is -2.36. The molecule has 1 aliphatic rings. The maximum absolute atomic E-state index is 4.88. The van der Waals surface area contributed by atoms with Crippen LogP contribution in [-0.4, -0.2) is 51.0 Å². The lowest BCUT2D eigenvalue weighted by molar-refractivity contribution is 0.246. The molecular weight excluding hydrogens is 336 g/mol. The molecule has 1 saturated heterocycles. The van der Waals surface area contributed by atoms with Crippen molar-refractivity contribution in [1.82, 2.24) is 24.8 Å². The molecule has 0 atom stereocenters. The van der Waals surface area contributed by atoms with Gasteiger partial charge in [0.1, 0.15) is 5.82 Å². The molecule has 6 nitrogen and oxygen atoms in total. The molecule has 6 heteroatoms. The van der Waals surface area contributed by atoms with Crippen molar-refractivity contribution >= 4 is 5.82 Å². The number of pyridine rings is 2. The molecule has 1 aliphatic heterocycles. The maximum Gasteiger partial charge on any atom is 0.163 e. The van der Waals surface area contributed by atoms with E-state index in [9.17, 15) is 0 Å². The highest BCUT2D eigenvalue weighted by Crippen LogP contribution is 2.25. The molecule has 4 heterocycles. The highest BCUT2D eigenvalue weighted by atomic mass is 15.3. The minimum Gasteiger partial charge on any atom is -0.354 e. The van der Waals surface area contributed by atoms with E-state index in [1.54, 1.807) is 6.20 Å². The number of hydrogen-bond donors (Lipinski definition) is 0. The summed E-state index contributed by atoms with van der Waals surface area (Å²) in [6.45, 7) is 8.98. The van der Waals surface area contributed by atoms with Crippen molar-refractivity contribution in [2.24, 2.45) is 0 Å². The third-order valence-corrected chi connectivity index (χ3v) is 5.07. The summed E-state index contributed by atoms with van der Waals surface area (Å²) in [6, 6.07) is 10.0. The number of hydrogen-bond acceptors (Lipinski definition) is 6. The van der Waals surface area contributed by atoms with Crippen molar-refractivity contribution in [3.05, 3.63) is 65.9 Å². The van der Waals surface area contributed by atoms with Crippen LogP contribution in [0.4, 0.5) is 5.82 Å². The molecule has 1 fully saturated rings. The first-order valence-electron chi connectivity index (χ1n) is 9.33. The lowest BCUT2D eigenvalue weighted by atomic mass is 10.2. The standard InChI is InChI=1S/C21H24N6/c1-16-17(2)24-20(18-6-5-8-22-14-18)25-21(16)27-12-10-26(11-13-27)15-19-7-3-4-9-23-19/h3-9,14H,10-13,15H2,1-2H3. The average molecular weight is 360 g/mol. The van der Waals surface area contributed by atoms with E-state index in [2.05, 4.69) is 44.7 Å². The van der Waals surface area contributed by atoms with E-state index in [0.717, 1.165) is 66.9 Å². The van der Waals surface area contributed by atoms with E-state index in [0.29, 0.717) is 0 Å². The SMILES string of the molecule is Cc1nc(-c2cccnc2)nc(N2CCN(Cc3ccccn3)CC2)c1C. The number of piperazine rings is 1. The molecule has 0 bridgehead atoms. The molecule has 3 aromatic rings. The van der Waals surface area contributed by atoms with Crippen molar-refractivity contribution < 1.29 is 0 Å². The Bertz CT molecular complexity index is 889. The fourth-order valence-corrected chi connectivity index (χ4v) is 3.38. The lowest BCUT2D eigenvalue weighted by Crippen LogP contribution is -2.46. The van der Waals surface area contributed by atoms with Gasteiger partial charge in [-0.1, -0.05) is 6.07 Å². The van der Waals surface area contributed by atoms with E-state index in [4.69, 9.17) is 4.98 Å². The van der Waals surface area contributed by atoms with Crippen LogP contribution in [0.3, 0.4) is 0 Å². The van der Waals surface area contributed by atoms with Gasteiger partial charge in [0.2, 0.25) is 0 Å². The van der Waals surface area contributed by atoms with E-state index in [1.165, 1.54) is 0 Å². The highest BCUT2D eigenvalue weighted by Gasteiger charge is 2.21. The molecule has 0 aliphatic carbocycles. The number of nitrogens with zero attached hydrogens (tertiary/aromatic N) is 6. The predicted molar refractivity (Wildman–Crippen MR) is 106 cm³/mol. The van der Waals surface area contributed by atoms with Crippen LogP contribution in [0.2, 0.25) is 0 Å². The Labute approximate surface area is 159 Å². The second-order valence-corrected chi connectivity index (χ2v) is 6.91. The first-order valence-corrected chi connectivity index (χ1v) is 9.33. The number of anilines is 1. The van der Waals surface area contributed by atoms with Gasteiger partial charge < -0.3 is 4.90 Å². The normalized spacial score (nSPS) is 15.1. The second-order valence-electron chi connectivity index (χ2n) is 6.91. The van der Waals surface area contributed by atoms with E-state index < -0.39 is 0 Å². The molecule has 3 aromatic heterocycles. The van der Waals surface area contributed by atoms with Crippen LogP contribution in [0.15, 0.2) is 48.9 Å². The van der Waals surface area contributed by atoms with Crippen molar-refractivity contribution in [3.8, 4) is 11.4 Å². The Morgan fingerprint density at radius 2 is 1.78 bits per heavy atom. The van der Waals surface area contributed by atoms with Crippen LogP contribution >= 0.6 is 0 Å². The molecule has 0 aromatic carbocycles. The van der Waals surface area contributed by atoms with Gasteiger partial charge in [0.15, 0.2) is 5.82 Å². The van der Waals surface area contributed by atoms with Gasteiger partial charge in [0.05, 0.1) is 5.69 Å². The Hall–Kier alpha value is -2.86. The van der Waals surface area contributed by atoms with Crippen LogP contribution in [0.1, 0.15) is 17.0 Å². The third kappa shape index (κ3) is 3.95. The average Bonchev–Trinajstić information content (AvgIpc) is 2.72. The van der Waals surface area contributed by atoms with Gasteiger partial charge in [-0.3, -0.25) is 14.9 Å². The van der Waals surface area contributed by atoms with Gasteiger partial charge in [0.25, 0.3) is 0 Å². The quantitative estimate of drug-likeness (QED) is 0.713. The Kier molecular flexibility index (Phi) is 5.07. The van der Waals surface area contributed by atoms with Crippen LogP contribution in [-0.2, 0) is 6.54 Å². The third-order valence-electron chi connectivity index (χ3n) is 5.07. The molecule has 0 amide bonds. The second kappa shape index (κ2) is 7.80. The van der Waals surface area contributed by atoms with Gasteiger partial charge in [-0.15, -0.1) is 0 Å². The maximum atomic E-state index is 4.88. The smallest absolute Gasteiger partial charge is 0.163 e. The summed E-state index contributed by atoms with van der Waals surface area (Å²) in [4.78, 5) is 23.0. The molecule has 27 heavy (non-hydrogen) atoms. The molecule has 0 unspecified atom stereocenters. The van der Waals surface area contributed by atoms with E-state index in [1.807, 2.05) is 36.7 Å². The van der Waals surface area contributed by atoms with Gasteiger partial charge in [-0.25, -0.2) is 9.97 Å². The summed E-state index contributed by atoms with van der Waals surface area (Å²) in [5.74, 6) is 1.79. The van der Waals surface area contributed by atoms with E-state index in [-0.39, 0.29) is 0 Å². The molecule has 4 rings (SSSR count). The first kappa shape index (κ1) is 17.5. The molecule has 0 radical (unpaired) electrons. The molecule has 0 N–H and O–H groups in total. The summed E-state index contributed by atoms with van der Waals surface area (Å²) < 4.78 is 0. The molecule has 138 valence electrons. The minimum absolute atomic E-state index is 0.747. The van der Waals surface area contributed by atoms with Gasteiger partial charge in [-0.2, -0.15) is 0 Å². The van der Waals surface area contributed by atoms with Crippen molar-refractivity contribution in [2.45, 2.75) is 20.4 Å². The largest absolute Gasteiger partial charge is 0.354 e. The van der Waals surface area contributed by atoms with Crippen LogP contribution < -0.4 is 4.90 Å². The number of aryl methyl sites for hydroxylation is 1. The first-order chi connectivity index (χ1) is 13.2. The minimum atomic E-state index is 0.747. The Balaban J connectivity index is 1.50. The van der Waals surface area contributed by atoms with Crippen LogP contribution in [0, 0.1) is 13.8 Å². The number of aromatic nitrogens is 4. The summed E-state index contributed by atoms with van der Waals surface area (Å²) in [5, 5.41) is 0. The fourth-order valence-electron chi connectivity index (χ4n) is 3.38.